The van der Waals surface area contributed by atoms with Gasteiger partial charge in [0.15, 0.2) is 5.96 Å². The topological polar surface area (TPSA) is 79.5 Å². The van der Waals surface area contributed by atoms with E-state index in [1.807, 2.05) is 0 Å². The first-order valence-corrected chi connectivity index (χ1v) is 6.91. The van der Waals surface area contributed by atoms with E-state index in [9.17, 15) is 4.79 Å². The monoisotopic (exact) mass is 254 g/mol. The first-order valence-electron chi connectivity index (χ1n) is 6.91. The van der Waals surface area contributed by atoms with Crippen LogP contribution in [0.3, 0.4) is 0 Å². The van der Waals surface area contributed by atoms with Gasteiger partial charge in [0, 0.05) is 25.6 Å². The van der Waals surface area contributed by atoms with Crippen molar-refractivity contribution in [1.82, 2.24) is 10.6 Å². The standard InChI is InChI=1S/C13H26N4O/c1-10(2)9-16-13(14)15-8-7-12(18)17-11-5-3-4-6-11/h10-11H,3-9H2,1-2H3,(H,17,18)(H3,14,15,16). The van der Waals surface area contributed by atoms with Crippen molar-refractivity contribution in [3.8, 4) is 0 Å². The summed E-state index contributed by atoms with van der Waals surface area (Å²) in [5.41, 5.74) is 5.68. The zero-order chi connectivity index (χ0) is 13.4. The molecule has 1 rings (SSSR count). The van der Waals surface area contributed by atoms with Gasteiger partial charge in [-0.1, -0.05) is 26.7 Å². The molecule has 4 N–H and O–H groups in total. The Labute approximate surface area is 110 Å². The molecule has 5 heteroatoms. The second kappa shape index (κ2) is 7.95. The summed E-state index contributed by atoms with van der Waals surface area (Å²) < 4.78 is 0. The van der Waals surface area contributed by atoms with Crippen LogP contribution in [0, 0.1) is 5.92 Å². The maximum atomic E-state index is 11.6. The normalized spacial score (nSPS) is 17.2. The van der Waals surface area contributed by atoms with E-state index in [4.69, 9.17) is 5.73 Å². The summed E-state index contributed by atoms with van der Waals surface area (Å²) in [5.74, 6) is 1.03. The van der Waals surface area contributed by atoms with Crippen molar-refractivity contribution in [3.63, 3.8) is 0 Å². The number of hydrogen-bond donors (Lipinski definition) is 3. The van der Waals surface area contributed by atoms with Crippen LogP contribution in [-0.2, 0) is 4.79 Å². The maximum Gasteiger partial charge on any atom is 0.221 e. The maximum absolute atomic E-state index is 11.6. The Morgan fingerprint density at radius 3 is 2.67 bits per heavy atom. The van der Waals surface area contributed by atoms with Crippen molar-refractivity contribution in [1.29, 1.82) is 0 Å². The zero-order valence-electron chi connectivity index (χ0n) is 11.5. The molecule has 5 nitrogen and oxygen atoms in total. The second-order valence-electron chi connectivity index (χ2n) is 5.35. The lowest BCUT2D eigenvalue weighted by atomic mass is 10.2. The van der Waals surface area contributed by atoms with Crippen molar-refractivity contribution in [2.75, 3.05) is 13.1 Å². The van der Waals surface area contributed by atoms with Crippen LogP contribution in [0.15, 0.2) is 4.99 Å². The number of carbonyl (C=O) groups excluding carboxylic acids is 1. The van der Waals surface area contributed by atoms with Gasteiger partial charge in [-0.15, -0.1) is 0 Å². The van der Waals surface area contributed by atoms with Gasteiger partial charge in [-0.2, -0.15) is 0 Å². The Kier molecular flexibility index (Phi) is 6.54. The molecule has 104 valence electrons. The third kappa shape index (κ3) is 6.47. The molecule has 18 heavy (non-hydrogen) atoms. The summed E-state index contributed by atoms with van der Waals surface area (Å²) in [5, 5.41) is 6.00. The van der Waals surface area contributed by atoms with E-state index in [0.717, 1.165) is 12.8 Å². The quantitative estimate of drug-likeness (QED) is 0.488. The van der Waals surface area contributed by atoms with E-state index in [0.29, 0.717) is 37.4 Å². The number of guanidine groups is 1. The molecule has 1 aliphatic carbocycles. The number of aliphatic imine (C=N–C) groups is 1. The van der Waals surface area contributed by atoms with Crippen LogP contribution in [0.5, 0.6) is 0 Å². The van der Waals surface area contributed by atoms with Crippen LogP contribution in [0.1, 0.15) is 46.0 Å². The van der Waals surface area contributed by atoms with E-state index < -0.39 is 0 Å². The summed E-state index contributed by atoms with van der Waals surface area (Å²) in [6.45, 7) is 5.44. The van der Waals surface area contributed by atoms with Crippen molar-refractivity contribution in [2.24, 2.45) is 16.6 Å². The third-order valence-electron chi connectivity index (χ3n) is 3.01. The molecule has 0 spiro atoms. The van der Waals surface area contributed by atoms with Gasteiger partial charge in [-0.05, 0) is 18.8 Å². The van der Waals surface area contributed by atoms with Crippen LogP contribution in [0.2, 0.25) is 0 Å². The fourth-order valence-electron chi connectivity index (χ4n) is 2.01. The minimum atomic E-state index is 0.103. The van der Waals surface area contributed by atoms with Gasteiger partial charge in [0.05, 0.1) is 0 Å². The van der Waals surface area contributed by atoms with Crippen molar-refractivity contribution in [2.45, 2.75) is 52.0 Å². The number of amides is 1. The van der Waals surface area contributed by atoms with Crippen LogP contribution >= 0.6 is 0 Å². The van der Waals surface area contributed by atoms with Crippen LogP contribution < -0.4 is 16.4 Å². The molecule has 0 aromatic rings. The molecule has 0 aliphatic heterocycles. The number of hydrogen-bond acceptors (Lipinski definition) is 2. The summed E-state index contributed by atoms with van der Waals surface area (Å²) in [4.78, 5) is 15.8. The minimum absolute atomic E-state index is 0.103. The molecule has 0 aromatic heterocycles. The van der Waals surface area contributed by atoms with Gasteiger partial charge < -0.3 is 16.4 Å². The Morgan fingerprint density at radius 1 is 1.39 bits per heavy atom. The molecule has 0 unspecified atom stereocenters. The molecular formula is C13H26N4O. The number of carbonyl (C=O) groups is 1. The summed E-state index contributed by atoms with van der Waals surface area (Å²) in [7, 11) is 0. The Hall–Kier alpha value is -1.26. The lowest BCUT2D eigenvalue weighted by Crippen LogP contribution is -2.38. The molecule has 0 heterocycles. The highest BCUT2D eigenvalue weighted by atomic mass is 16.1. The largest absolute Gasteiger partial charge is 0.370 e. The predicted octanol–water partition coefficient (Wildman–Crippen LogP) is 0.996. The molecule has 0 bridgehead atoms. The summed E-state index contributed by atoms with van der Waals surface area (Å²) in [6, 6.07) is 0.393. The molecule has 1 amide bonds. The van der Waals surface area contributed by atoms with E-state index in [1.54, 1.807) is 0 Å². The molecule has 1 saturated carbocycles. The van der Waals surface area contributed by atoms with Crippen molar-refractivity contribution in [3.05, 3.63) is 0 Å². The molecular weight excluding hydrogens is 228 g/mol. The van der Waals surface area contributed by atoms with E-state index in [2.05, 4.69) is 29.5 Å². The smallest absolute Gasteiger partial charge is 0.221 e. The third-order valence-corrected chi connectivity index (χ3v) is 3.01. The molecule has 1 aliphatic rings. The summed E-state index contributed by atoms with van der Waals surface area (Å²) >= 11 is 0. The average molecular weight is 254 g/mol. The molecule has 1 fully saturated rings. The van der Waals surface area contributed by atoms with E-state index in [-0.39, 0.29) is 5.91 Å². The SMILES string of the molecule is CC(C)CN=C(N)NCCC(=O)NC1CCCC1. The summed E-state index contributed by atoms with van der Waals surface area (Å²) in [6.07, 6.45) is 5.17. The minimum Gasteiger partial charge on any atom is -0.370 e. The van der Waals surface area contributed by atoms with Crippen LogP contribution in [0.25, 0.3) is 0 Å². The van der Waals surface area contributed by atoms with E-state index >= 15 is 0 Å². The van der Waals surface area contributed by atoms with Crippen LogP contribution in [-0.4, -0.2) is 31.0 Å². The van der Waals surface area contributed by atoms with Gasteiger partial charge in [-0.3, -0.25) is 9.79 Å². The zero-order valence-corrected chi connectivity index (χ0v) is 11.5. The number of nitrogens with two attached hydrogens (primary N) is 1. The molecule has 0 aromatic carbocycles. The highest BCUT2D eigenvalue weighted by molar-refractivity contribution is 5.80. The number of nitrogens with zero attached hydrogens (tertiary/aromatic N) is 1. The molecule has 0 atom stereocenters. The second-order valence-corrected chi connectivity index (χ2v) is 5.35. The first-order chi connectivity index (χ1) is 8.58. The van der Waals surface area contributed by atoms with Crippen molar-refractivity contribution < 1.29 is 4.79 Å². The Morgan fingerprint density at radius 2 is 2.06 bits per heavy atom. The number of nitrogens with one attached hydrogen (secondary N) is 2. The Bertz CT molecular complexity index is 283. The van der Waals surface area contributed by atoms with Crippen LogP contribution in [0.4, 0.5) is 0 Å². The number of rotatable bonds is 6. The molecule has 0 saturated heterocycles. The fraction of sp³-hybridized carbons (Fsp3) is 0.846. The highest BCUT2D eigenvalue weighted by Crippen LogP contribution is 2.17. The lowest BCUT2D eigenvalue weighted by molar-refractivity contribution is -0.121. The van der Waals surface area contributed by atoms with Gasteiger partial charge >= 0.3 is 0 Å². The highest BCUT2D eigenvalue weighted by Gasteiger charge is 2.16. The Balaban J connectivity index is 2.09. The van der Waals surface area contributed by atoms with Gasteiger partial charge in [-0.25, -0.2) is 0 Å². The average Bonchev–Trinajstić information content (AvgIpc) is 2.79. The van der Waals surface area contributed by atoms with Gasteiger partial charge in [0.1, 0.15) is 0 Å². The fourth-order valence-corrected chi connectivity index (χ4v) is 2.01. The van der Waals surface area contributed by atoms with Crippen molar-refractivity contribution >= 4 is 11.9 Å². The van der Waals surface area contributed by atoms with Gasteiger partial charge in [0.25, 0.3) is 0 Å². The predicted molar refractivity (Wildman–Crippen MR) is 74.3 cm³/mol. The molecule has 0 radical (unpaired) electrons. The van der Waals surface area contributed by atoms with E-state index in [1.165, 1.54) is 12.8 Å². The first kappa shape index (κ1) is 14.8. The lowest BCUT2D eigenvalue weighted by Gasteiger charge is -2.12. The van der Waals surface area contributed by atoms with Gasteiger partial charge in [0.2, 0.25) is 5.91 Å².